The third-order valence-corrected chi connectivity index (χ3v) is 7.21. The Balaban J connectivity index is 1.42. The van der Waals surface area contributed by atoms with Crippen LogP contribution in [0.15, 0.2) is 35.2 Å². The molecule has 1 fully saturated rings. The number of rotatable bonds is 3. The molecule has 1 aromatic rings. The molecule has 0 radical (unpaired) electrons. The predicted octanol–water partition coefficient (Wildman–Crippen LogP) is 1.65. The zero-order chi connectivity index (χ0) is 18.9. The van der Waals surface area contributed by atoms with E-state index in [0.29, 0.717) is 50.9 Å². The lowest BCUT2D eigenvalue weighted by Gasteiger charge is -2.36. The van der Waals surface area contributed by atoms with Crippen molar-refractivity contribution < 1.29 is 22.7 Å². The van der Waals surface area contributed by atoms with Gasteiger partial charge in [-0.25, -0.2) is 8.42 Å². The molecule has 27 heavy (non-hydrogen) atoms. The van der Waals surface area contributed by atoms with Crippen LogP contribution in [-0.2, 0) is 14.8 Å². The standard InChI is InChI=1S/C19H24N2O5S/c22-19(15-4-2-1-3-5-15)20-8-10-21(11-9-20)27(23,24)16-6-7-17-18(14-16)26-13-12-25-17/h1-2,6-7,14-15H,3-5,8-13H2/t15-/m1/s1. The highest BCUT2D eigenvalue weighted by Gasteiger charge is 2.33. The van der Waals surface area contributed by atoms with Gasteiger partial charge in [-0.2, -0.15) is 4.31 Å². The first-order chi connectivity index (χ1) is 13.1. The summed E-state index contributed by atoms with van der Waals surface area (Å²) in [6, 6.07) is 4.71. The normalized spacial score (nSPS) is 23.3. The molecule has 0 spiro atoms. The van der Waals surface area contributed by atoms with Gasteiger partial charge in [0.25, 0.3) is 0 Å². The Morgan fingerprint density at radius 1 is 1.00 bits per heavy atom. The molecule has 2 heterocycles. The van der Waals surface area contributed by atoms with Crippen molar-refractivity contribution in [3.63, 3.8) is 0 Å². The molecule has 1 atom stereocenters. The van der Waals surface area contributed by atoms with Gasteiger partial charge < -0.3 is 14.4 Å². The fourth-order valence-corrected chi connectivity index (χ4v) is 5.20. The van der Waals surface area contributed by atoms with E-state index in [1.165, 1.54) is 10.4 Å². The summed E-state index contributed by atoms with van der Waals surface area (Å²) < 4.78 is 38.3. The van der Waals surface area contributed by atoms with E-state index in [9.17, 15) is 13.2 Å². The highest BCUT2D eigenvalue weighted by Crippen LogP contribution is 2.33. The van der Waals surface area contributed by atoms with Crippen LogP contribution < -0.4 is 9.47 Å². The van der Waals surface area contributed by atoms with E-state index in [-0.39, 0.29) is 16.7 Å². The van der Waals surface area contributed by atoms with Crippen LogP contribution in [0.5, 0.6) is 11.5 Å². The van der Waals surface area contributed by atoms with Gasteiger partial charge in [0.15, 0.2) is 11.5 Å². The molecule has 0 N–H and O–H groups in total. The first kappa shape index (κ1) is 18.3. The first-order valence-electron chi connectivity index (χ1n) is 9.39. The number of carbonyl (C=O) groups excluding carboxylic acids is 1. The van der Waals surface area contributed by atoms with Crippen molar-refractivity contribution in [2.24, 2.45) is 5.92 Å². The van der Waals surface area contributed by atoms with E-state index in [0.717, 1.165) is 19.3 Å². The number of benzene rings is 1. The van der Waals surface area contributed by atoms with E-state index >= 15 is 0 Å². The third kappa shape index (κ3) is 3.68. The first-order valence-corrected chi connectivity index (χ1v) is 10.8. The summed E-state index contributed by atoms with van der Waals surface area (Å²) in [6.45, 7) is 2.36. The lowest BCUT2D eigenvalue weighted by atomic mass is 9.93. The number of amides is 1. The molecule has 2 aliphatic heterocycles. The zero-order valence-electron chi connectivity index (χ0n) is 15.2. The van der Waals surface area contributed by atoms with E-state index in [1.54, 1.807) is 17.0 Å². The second-order valence-electron chi connectivity index (χ2n) is 7.02. The molecule has 0 bridgehead atoms. The molecule has 1 amide bonds. The van der Waals surface area contributed by atoms with Crippen molar-refractivity contribution in [3.05, 3.63) is 30.4 Å². The van der Waals surface area contributed by atoms with Gasteiger partial charge in [-0.1, -0.05) is 12.2 Å². The van der Waals surface area contributed by atoms with Gasteiger partial charge in [-0.3, -0.25) is 4.79 Å². The lowest BCUT2D eigenvalue weighted by Crippen LogP contribution is -2.51. The fraction of sp³-hybridized carbons (Fsp3) is 0.526. The van der Waals surface area contributed by atoms with Crippen LogP contribution in [-0.4, -0.2) is 62.9 Å². The van der Waals surface area contributed by atoms with Crippen LogP contribution in [0, 0.1) is 5.92 Å². The van der Waals surface area contributed by atoms with Gasteiger partial charge >= 0.3 is 0 Å². The molecule has 1 aromatic carbocycles. The van der Waals surface area contributed by atoms with Crippen molar-refractivity contribution in [2.45, 2.75) is 24.2 Å². The zero-order valence-corrected chi connectivity index (χ0v) is 16.0. The second kappa shape index (κ2) is 7.52. The molecule has 0 aromatic heterocycles. The Hall–Kier alpha value is -2.06. The maximum atomic E-state index is 13.0. The van der Waals surface area contributed by atoms with Crippen molar-refractivity contribution in [1.29, 1.82) is 0 Å². The molecule has 1 saturated heterocycles. The number of hydrogen-bond donors (Lipinski definition) is 0. The maximum absolute atomic E-state index is 13.0. The van der Waals surface area contributed by atoms with Gasteiger partial charge in [0, 0.05) is 38.2 Å². The number of allylic oxidation sites excluding steroid dienone is 2. The molecule has 0 saturated carbocycles. The molecule has 7 nitrogen and oxygen atoms in total. The monoisotopic (exact) mass is 392 g/mol. The third-order valence-electron chi connectivity index (χ3n) is 5.32. The fourth-order valence-electron chi connectivity index (χ4n) is 3.76. The second-order valence-corrected chi connectivity index (χ2v) is 8.95. The number of sulfonamides is 1. The van der Waals surface area contributed by atoms with Crippen molar-refractivity contribution in [2.75, 3.05) is 39.4 Å². The average Bonchev–Trinajstić information content (AvgIpc) is 2.73. The van der Waals surface area contributed by atoms with Crippen LogP contribution in [0.4, 0.5) is 0 Å². The Morgan fingerprint density at radius 2 is 1.74 bits per heavy atom. The summed E-state index contributed by atoms with van der Waals surface area (Å²) in [5, 5.41) is 0. The topological polar surface area (TPSA) is 76.2 Å². The maximum Gasteiger partial charge on any atom is 0.243 e. The summed E-state index contributed by atoms with van der Waals surface area (Å²) in [5.41, 5.74) is 0. The van der Waals surface area contributed by atoms with E-state index < -0.39 is 10.0 Å². The summed E-state index contributed by atoms with van der Waals surface area (Å²) in [5.74, 6) is 1.21. The van der Waals surface area contributed by atoms with Crippen LogP contribution >= 0.6 is 0 Å². The number of hydrogen-bond acceptors (Lipinski definition) is 5. The quantitative estimate of drug-likeness (QED) is 0.731. The molecular weight excluding hydrogens is 368 g/mol. The highest BCUT2D eigenvalue weighted by atomic mass is 32.2. The number of piperazine rings is 1. The van der Waals surface area contributed by atoms with Gasteiger partial charge in [0.05, 0.1) is 4.90 Å². The summed E-state index contributed by atoms with van der Waals surface area (Å²) >= 11 is 0. The SMILES string of the molecule is O=C([C@@H]1CC=CCC1)N1CCN(S(=O)(=O)c2ccc3c(c2)OCCO3)CC1. The van der Waals surface area contributed by atoms with Crippen LogP contribution in [0.2, 0.25) is 0 Å². The Kier molecular flexibility index (Phi) is 5.10. The number of ether oxygens (including phenoxy) is 2. The molecule has 1 aliphatic carbocycles. The minimum absolute atomic E-state index is 0.0379. The Bertz CT molecular complexity index is 844. The van der Waals surface area contributed by atoms with Crippen LogP contribution in [0.25, 0.3) is 0 Å². The molecule has 4 rings (SSSR count). The molecule has 146 valence electrons. The molecule has 3 aliphatic rings. The lowest BCUT2D eigenvalue weighted by molar-refractivity contribution is -0.137. The van der Waals surface area contributed by atoms with Gasteiger partial charge in [0.2, 0.25) is 15.9 Å². The van der Waals surface area contributed by atoms with Crippen molar-refractivity contribution in [3.8, 4) is 11.5 Å². The van der Waals surface area contributed by atoms with Crippen LogP contribution in [0.3, 0.4) is 0 Å². The highest BCUT2D eigenvalue weighted by molar-refractivity contribution is 7.89. The number of fused-ring (bicyclic) bond motifs is 1. The number of carbonyl (C=O) groups is 1. The molecule has 8 heteroatoms. The smallest absolute Gasteiger partial charge is 0.243 e. The van der Waals surface area contributed by atoms with Crippen molar-refractivity contribution in [1.82, 2.24) is 9.21 Å². The minimum atomic E-state index is -3.62. The van der Waals surface area contributed by atoms with Gasteiger partial charge in [-0.05, 0) is 31.4 Å². The summed E-state index contributed by atoms with van der Waals surface area (Å²) in [4.78, 5) is 14.6. The van der Waals surface area contributed by atoms with E-state index in [1.807, 2.05) is 0 Å². The van der Waals surface area contributed by atoms with Gasteiger partial charge in [0.1, 0.15) is 13.2 Å². The van der Waals surface area contributed by atoms with E-state index in [4.69, 9.17) is 9.47 Å². The number of nitrogens with zero attached hydrogens (tertiary/aromatic N) is 2. The van der Waals surface area contributed by atoms with Crippen LogP contribution in [0.1, 0.15) is 19.3 Å². The van der Waals surface area contributed by atoms with E-state index in [2.05, 4.69) is 12.2 Å². The summed E-state index contributed by atoms with van der Waals surface area (Å²) in [6.07, 6.45) is 6.78. The minimum Gasteiger partial charge on any atom is -0.486 e. The predicted molar refractivity (Wildman–Crippen MR) is 99.3 cm³/mol. The van der Waals surface area contributed by atoms with Crippen molar-refractivity contribution >= 4 is 15.9 Å². The summed E-state index contributed by atoms with van der Waals surface area (Å²) in [7, 11) is -3.62. The molecular formula is C19H24N2O5S. The Morgan fingerprint density at radius 3 is 2.44 bits per heavy atom. The average molecular weight is 392 g/mol. The van der Waals surface area contributed by atoms with Gasteiger partial charge in [-0.15, -0.1) is 0 Å². The Labute approximate surface area is 159 Å². The largest absolute Gasteiger partial charge is 0.486 e. The molecule has 0 unspecified atom stereocenters.